The van der Waals surface area contributed by atoms with E-state index < -0.39 is 9.84 Å². The van der Waals surface area contributed by atoms with E-state index >= 15 is 0 Å². The predicted octanol–water partition coefficient (Wildman–Crippen LogP) is 1.47. The highest BCUT2D eigenvalue weighted by molar-refractivity contribution is 7.91. The molecule has 6 nitrogen and oxygen atoms in total. The van der Waals surface area contributed by atoms with Crippen LogP contribution in [-0.4, -0.2) is 40.7 Å². The molecule has 0 radical (unpaired) electrons. The minimum absolute atomic E-state index is 0.183. The van der Waals surface area contributed by atoms with Crippen LogP contribution in [0.3, 0.4) is 0 Å². The highest BCUT2D eigenvalue weighted by atomic mass is 32.2. The van der Waals surface area contributed by atoms with Crippen molar-refractivity contribution in [3.8, 4) is 11.4 Å². The maximum atomic E-state index is 11.5. The monoisotopic (exact) mass is 306 g/mol. The number of rotatable bonds is 3. The van der Waals surface area contributed by atoms with Gasteiger partial charge in [0.1, 0.15) is 16.2 Å². The maximum absolute atomic E-state index is 11.5. The molecular weight excluding hydrogens is 288 g/mol. The summed E-state index contributed by atoms with van der Waals surface area (Å²) in [4.78, 5) is 0. The van der Waals surface area contributed by atoms with Crippen molar-refractivity contribution < 1.29 is 8.42 Å². The van der Waals surface area contributed by atoms with Crippen LogP contribution < -0.4 is 5.32 Å². The van der Waals surface area contributed by atoms with Gasteiger partial charge < -0.3 is 9.88 Å². The molecule has 0 amide bonds. The summed E-state index contributed by atoms with van der Waals surface area (Å²) in [6.07, 6.45) is 2.96. The normalized spacial score (nSPS) is 18.5. The minimum atomic E-state index is -2.83. The van der Waals surface area contributed by atoms with Crippen LogP contribution in [-0.2, 0) is 16.9 Å². The molecule has 2 heterocycles. The third kappa shape index (κ3) is 3.07. The van der Waals surface area contributed by atoms with Gasteiger partial charge in [0.05, 0.1) is 11.5 Å². The number of aromatic nitrogens is 3. The molecule has 1 aromatic heterocycles. The SMILES string of the molecule is Cn1cnnc1-c1ccccc1NC1CCS(=O)(=O)CC1. The quantitative estimate of drug-likeness (QED) is 0.929. The van der Waals surface area contributed by atoms with Gasteiger partial charge in [0.2, 0.25) is 0 Å². The second kappa shape index (κ2) is 5.48. The first-order valence-electron chi connectivity index (χ1n) is 6.95. The maximum Gasteiger partial charge on any atom is 0.165 e. The Bertz CT molecular complexity index is 725. The number of anilines is 1. The lowest BCUT2D eigenvalue weighted by Gasteiger charge is -2.25. The van der Waals surface area contributed by atoms with Crippen LogP contribution >= 0.6 is 0 Å². The van der Waals surface area contributed by atoms with Crippen LogP contribution in [0.25, 0.3) is 11.4 Å². The molecule has 1 N–H and O–H groups in total. The van der Waals surface area contributed by atoms with Gasteiger partial charge in [-0.3, -0.25) is 0 Å². The average molecular weight is 306 g/mol. The van der Waals surface area contributed by atoms with Gasteiger partial charge in [-0.2, -0.15) is 0 Å². The molecule has 2 aromatic rings. The Balaban J connectivity index is 1.82. The molecule has 1 aliphatic rings. The Morgan fingerprint density at radius 1 is 1.24 bits per heavy atom. The Morgan fingerprint density at radius 3 is 2.62 bits per heavy atom. The number of hydrogen-bond acceptors (Lipinski definition) is 5. The van der Waals surface area contributed by atoms with E-state index in [1.54, 1.807) is 6.33 Å². The molecule has 112 valence electrons. The van der Waals surface area contributed by atoms with Gasteiger partial charge >= 0.3 is 0 Å². The van der Waals surface area contributed by atoms with E-state index in [4.69, 9.17) is 0 Å². The summed E-state index contributed by atoms with van der Waals surface area (Å²) in [6.45, 7) is 0. The highest BCUT2D eigenvalue weighted by Gasteiger charge is 2.24. The second-order valence-corrected chi connectivity index (χ2v) is 7.69. The lowest BCUT2D eigenvalue weighted by atomic mass is 10.1. The molecule has 1 aromatic carbocycles. The van der Waals surface area contributed by atoms with Crippen LogP contribution in [0.15, 0.2) is 30.6 Å². The summed E-state index contributed by atoms with van der Waals surface area (Å²) in [5.74, 6) is 1.31. The van der Waals surface area contributed by atoms with Crippen molar-refractivity contribution in [1.29, 1.82) is 0 Å². The molecule has 3 rings (SSSR count). The van der Waals surface area contributed by atoms with Crippen molar-refractivity contribution >= 4 is 15.5 Å². The van der Waals surface area contributed by atoms with E-state index in [9.17, 15) is 8.42 Å². The molecule has 1 fully saturated rings. The Labute approximate surface area is 124 Å². The number of sulfone groups is 1. The third-order valence-electron chi connectivity index (χ3n) is 3.79. The number of nitrogens with zero attached hydrogens (tertiary/aromatic N) is 3. The van der Waals surface area contributed by atoms with Gasteiger partial charge in [0.25, 0.3) is 0 Å². The molecule has 1 aliphatic heterocycles. The van der Waals surface area contributed by atoms with Gasteiger partial charge in [-0.05, 0) is 25.0 Å². The van der Waals surface area contributed by atoms with Gasteiger partial charge in [-0.25, -0.2) is 8.42 Å². The molecule has 0 aliphatic carbocycles. The van der Waals surface area contributed by atoms with Crippen molar-refractivity contribution in [3.63, 3.8) is 0 Å². The largest absolute Gasteiger partial charge is 0.382 e. The Kier molecular flexibility index (Phi) is 3.67. The van der Waals surface area contributed by atoms with Crippen molar-refractivity contribution in [2.24, 2.45) is 7.05 Å². The zero-order valence-corrected chi connectivity index (χ0v) is 12.7. The molecular formula is C14H18N4O2S. The first-order valence-corrected chi connectivity index (χ1v) is 8.78. The van der Waals surface area contributed by atoms with Crippen molar-refractivity contribution in [3.05, 3.63) is 30.6 Å². The second-order valence-electron chi connectivity index (χ2n) is 5.38. The number of aryl methyl sites for hydroxylation is 1. The van der Waals surface area contributed by atoms with E-state index in [0.29, 0.717) is 12.8 Å². The van der Waals surface area contributed by atoms with Gasteiger partial charge in [-0.15, -0.1) is 10.2 Å². The van der Waals surface area contributed by atoms with Crippen molar-refractivity contribution in [1.82, 2.24) is 14.8 Å². The first-order chi connectivity index (χ1) is 10.1. The summed E-state index contributed by atoms with van der Waals surface area (Å²) < 4.78 is 24.9. The van der Waals surface area contributed by atoms with Crippen LogP contribution in [0, 0.1) is 0 Å². The third-order valence-corrected chi connectivity index (χ3v) is 5.51. The minimum Gasteiger partial charge on any atom is -0.382 e. The lowest BCUT2D eigenvalue weighted by molar-refractivity contribution is 0.559. The fourth-order valence-corrected chi connectivity index (χ4v) is 4.08. The fraction of sp³-hybridized carbons (Fsp3) is 0.429. The Hall–Kier alpha value is -1.89. The van der Waals surface area contributed by atoms with E-state index in [0.717, 1.165) is 17.1 Å². The first kappa shape index (κ1) is 14.1. The summed E-state index contributed by atoms with van der Waals surface area (Å²) in [7, 11) is -0.932. The van der Waals surface area contributed by atoms with E-state index in [2.05, 4.69) is 15.5 Å². The Morgan fingerprint density at radius 2 is 1.95 bits per heavy atom. The topological polar surface area (TPSA) is 76.9 Å². The zero-order chi connectivity index (χ0) is 14.9. The summed E-state index contributed by atoms with van der Waals surface area (Å²) in [5.41, 5.74) is 1.95. The molecule has 7 heteroatoms. The van der Waals surface area contributed by atoms with Crippen molar-refractivity contribution in [2.45, 2.75) is 18.9 Å². The van der Waals surface area contributed by atoms with Crippen LogP contribution in [0.1, 0.15) is 12.8 Å². The number of nitrogens with one attached hydrogen (secondary N) is 1. The highest BCUT2D eigenvalue weighted by Crippen LogP contribution is 2.27. The standard InChI is InChI=1S/C14H18N4O2S/c1-18-10-15-17-14(18)12-4-2-3-5-13(12)16-11-6-8-21(19,20)9-7-11/h2-5,10-11,16H,6-9H2,1H3. The van der Waals surface area contributed by atoms with E-state index in [1.165, 1.54) is 0 Å². The summed E-state index contributed by atoms with van der Waals surface area (Å²) in [6, 6.07) is 8.09. The van der Waals surface area contributed by atoms with E-state index in [1.807, 2.05) is 35.9 Å². The lowest BCUT2D eigenvalue weighted by Crippen LogP contribution is -2.32. The molecule has 0 bridgehead atoms. The van der Waals surface area contributed by atoms with Crippen LogP contribution in [0.4, 0.5) is 5.69 Å². The van der Waals surface area contributed by atoms with Gasteiger partial charge in [-0.1, -0.05) is 12.1 Å². The average Bonchev–Trinajstić information content (AvgIpc) is 2.88. The summed E-state index contributed by atoms with van der Waals surface area (Å²) in [5, 5.41) is 11.5. The number of benzene rings is 1. The van der Waals surface area contributed by atoms with Gasteiger partial charge in [0, 0.05) is 24.3 Å². The number of hydrogen-bond donors (Lipinski definition) is 1. The van der Waals surface area contributed by atoms with Gasteiger partial charge in [0.15, 0.2) is 5.82 Å². The molecule has 0 unspecified atom stereocenters. The molecule has 0 saturated carbocycles. The van der Waals surface area contributed by atoms with Crippen molar-refractivity contribution in [2.75, 3.05) is 16.8 Å². The van der Waals surface area contributed by atoms with E-state index in [-0.39, 0.29) is 17.5 Å². The fourth-order valence-electron chi connectivity index (χ4n) is 2.59. The van der Waals surface area contributed by atoms with Crippen LogP contribution in [0.2, 0.25) is 0 Å². The smallest absolute Gasteiger partial charge is 0.165 e. The molecule has 0 atom stereocenters. The molecule has 1 saturated heterocycles. The zero-order valence-electron chi connectivity index (χ0n) is 11.9. The summed E-state index contributed by atoms with van der Waals surface area (Å²) >= 11 is 0. The molecule has 21 heavy (non-hydrogen) atoms. The predicted molar refractivity (Wildman–Crippen MR) is 81.7 cm³/mol. The van der Waals surface area contributed by atoms with Crippen LogP contribution in [0.5, 0.6) is 0 Å². The number of para-hydroxylation sites is 1. The molecule has 0 spiro atoms.